The van der Waals surface area contributed by atoms with E-state index in [1.54, 1.807) is 18.2 Å². The summed E-state index contributed by atoms with van der Waals surface area (Å²) in [6, 6.07) is 9.16. The van der Waals surface area contributed by atoms with Crippen molar-refractivity contribution in [2.45, 2.75) is 6.18 Å². The van der Waals surface area contributed by atoms with Crippen LogP contribution in [0.25, 0.3) is 0 Å². The summed E-state index contributed by atoms with van der Waals surface area (Å²) in [5.74, 6) is 0.607. The second-order valence-electron chi connectivity index (χ2n) is 4.18. The van der Waals surface area contributed by atoms with E-state index >= 15 is 0 Å². The normalized spacial score (nSPS) is 11.2. The number of alkyl halides is 3. The summed E-state index contributed by atoms with van der Waals surface area (Å²) in [4.78, 5) is 0. The molecule has 0 spiro atoms. The molecular weight excluding hydrogens is 349 g/mol. The van der Waals surface area contributed by atoms with Crippen LogP contribution in [0.4, 0.5) is 13.2 Å². The lowest BCUT2D eigenvalue weighted by atomic mass is 10.2. The SMILES string of the molecule is N=C(N)c1ccc(Oc2ccc(C(F)(F)F)cc2)c(Br)c1. The smallest absolute Gasteiger partial charge is 0.416 e. The molecule has 0 amide bonds. The van der Waals surface area contributed by atoms with Gasteiger partial charge >= 0.3 is 6.18 Å². The van der Waals surface area contributed by atoms with E-state index in [1.165, 1.54) is 12.1 Å². The minimum Gasteiger partial charge on any atom is -0.456 e. The quantitative estimate of drug-likeness (QED) is 0.624. The lowest BCUT2D eigenvalue weighted by Gasteiger charge is -2.10. The van der Waals surface area contributed by atoms with Gasteiger partial charge in [-0.25, -0.2) is 0 Å². The van der Waals surface area contributed by atoms with Gasteiger partial charge in [-0.2, -0.15) is 13.2 Å². The molecule has 0 radical (unpaired) electrons. The number of rotatable bonds is 3. The molecule has 7 heteroatoms. The molecule has 0 fully saturated rings. The Kier molecular flexibility index (Phi) is 4.22. The zero-order valence-corrected chi connectivity index (χ0v) is 12.1. The molecule has 3 nitrogen and oxygen atoms in total. The predicted molar refractivity (Wildman–Crippen MR) is 76.7 cm³/mol. The van der Waals surface area contributed by atoms with Crippen molar-refractivity contribution in [1.82, 2.24) is 0 Å². The number of ether oxygens (including phenoxy) is 1. The van der Waals surface area contributed by atoms with Gasteiger partial charge in [0.15, 0.2) is 0 Å². The van der Waals surface area contributed by atoms with Gasteiger partial charge in [0.05, 0.1) is 10.0 Å². The monoisotopic (exact) mass is 358 g/mol. The number of halogens is 4. The summed E-state index contributed by atoms with van der Waals surface area (Å²) in [6.07, 6.45) is -4.37. The van der Waals surface area contributed by atoms with E-state index < -0.39 is 11.7 Å². The second kappa shape index (κ2) is 5.77. The van der Waals surface area contributed by atoms with Crippen LogP contribution in [-0.2, 0) is 6.18 Å². The Morgan fingerprint density at radius 3 is 2.19 bits per heavy atom. The van der Waals surface area contributed by atoms with E-state index in [9.17, 15) is 13.2 Å². The van der Waals surface area contributed by atoms with Crippen molar-refractivity contribution in [3.63, 3.8) is 0 Å². The van der Waals surface area contributed by atoms with Crippen molar-refractivity contribution in [3.05, 3.63) is 58.1 Å². The van der Waals surface area contributed by atoms with Gasteiger partial charge in [0.25, 0.3) is 0 Å². The summed E-state index contributed by atoms with van der Waals surface area (Å²) >= 11 is 3.26. The average Bonchev–Trinajstić information content (AvgIpc) is 2.40. The number of benzene rings is 2. The number of nitrogen functional groups attached to an aromatic ring is 1. The van der Waals surface area contributed by atoms with E-state index in [0.717, 1.165) is 12.1 Å². The van der Waals surface area contributed by atoms with Crippen LogP contribution in [0.1, 0.15) is 11.1 Å². The van der Waals surface area contributed by atoms with E-state index in [-0.39, 0.29) is 11.6 Å². The van der Waals surface area contributed by atoms with Crippen LogP contribution >= 0.6 is 15.9 Å². The van der Waals surface area contributed by atoms with Crippen molar-refractivity contribution in [1.29, 1.82) is 5.41 Å². The van der Waals surface area contributed by atoms with Crippen LogP contribution in [0, 0.1) is 5.41 Å². The highest BCUT2D eigenvalue weighted by Gasteiger charge is 2.30. The largest absolute Gasteiger partial charge is 0.456 e. The molecule has 0 atom stereocenters. The highest BCUT2D eigenvalue weighted by molar-refractivity contribution is 9.10. The molecule has 0 bridgehead atoms. The van der Waals surface area contributed by atoms with Crippen molar-refractivity contribution >= 4 is 21.8 Å². The molecule has 0 aliphatic rings. The maximum atomic E-state index is 12.5. The van der Waals surface area contributed by atoms with Crippen molar-refractivity contribution in [2.24, 2.45) is 5.73 Å². The van der Waals surface area contributed by atoms with E-state index in [0.29, 0.717) is 15.8 Å². The van der Waals surface area contributed by atoms with Crippen molar-refractivity contribution < 1.29 is 17.9 Å². The first-order valence-corrected chi connectivity index (χ1v) is 6.56. The highest BCUT2D eigenvalue weighted by atomic mass is 79.9. The molecule has 0 saturated heterocycles. The number of hydrogen-bond acceptors (Lipinski definition) is 2. The summed E-state index contributed by atoms with van der Waals surface area (Å²) in [5.41, 5.74) is 5.14. The van der Waals surface area contributed by atoms with E-state index in [2.05, 4.69) is 15.9 Å². The molecule has 3 N–H and O–H groups in total. The maximum Gasteiger partial charge on any atom is 0.416 e. The third-order valence-corrected chi connectivity index (χ3v) is 3.27. The molecule has 2 rings (SSSR count). The molecule has 0 aliphatic heterocycles. The summed E-state index contributed by atoms with van der Waals surface area (Å²) in [6.45, 7) is 0. The zero-order valence-electron chi connectivity index (χ0n) is 10.5. The van der Waals surface area contributed by atoms with Gasteiger partial charge in [-0.05, 0) is 58.4 Å². The topological polar surface area (TPSA) is 59.1 Å². The van der Waals surface area contributed by atoms with Gasteiger partial charge in [-0.1, -0.05) is 0 Å². The third kappa shape index (κ3) is 3.75. The molecule has 2 aromatic carbocycles. The summed E-state index contributed by atoms with van der Waals surface area (Å²) in [7, 11) is 0. The van der Waals surface area contributed by atoms with Crippen LogP contribution < -0.4 is 10.5 Å². The Labute approximate surface area is 127 Å². The van der Waals surface area contributed by atoms with Gasteiger partial charge in [-0.3, -0.25) is 5.41 Å². The van der Waals surface area contributed by atoms with E-state index in [1.807, 2.05) is 0 Å². The zero-order chi connectivity index (χ0) is 15.6. The third-order valence-electron chi connectivity index (χ3n) is 2.65. The lowest BCUT2D eigenvalue weighted by molar-refractivity contribution is -0.137. The fourth-order valence-electron chi connectivity index (χ4n) is 1.59. The first kappa shape index (κ1) is 15.4. The van der Waals surface area contributed by atoms with Crippen LogP contribution in [0.2, 0.25) is 0 Å². The molecule has 110 valence electrons. The molecule has 2 aromatic rings. The Bertz CT molecular complexity index is 669. The minimum absolute atomic E-state index is 0.0863. The van der Waals surface area contributed by atoms with Crippen LogP contribution in [0.3, 0.4) is 0 Å². The molecular formula is C14H10BrF3N2O. The number of hydrogen-bond donors (Lipinski definition) is 2. The molecule has 0 aromatic heterocycles. The molecule has 0 saturated carbocycles. The fourth-order valence-corrected chi connectivity index (χ4v) is 2.05. The minimum atomic E-state index is -4.37. The summed E-state index contributed by atoms with van der Waals surface area (Å²) < 4.78 is 43.4. The van der Waals surface area contributed by atoms with E-state index in [4.69, 9.17) is 15.9 Å². The van der Waals surface area contributed by atoms with Crippen LogP contribution in [-0.4, -0.2) is 5.84 Å². The predicted octanol–water partition coefficient (Wildman–Crippen LogP) is 4.54. The van der Waals surface area contributed by atoms with Crippen molar-refractivity contribution in [2.75, 3.05) is 0 Å². The summed E-state index contributed by atoms with van der Waals surface area (Å²) in [5, 5.41) is 7.32. The standard InChI is InChI=1S/C14H10BrF3N2O/c15-11-7-8(13(19)20)1-6-12(11)21-10-4-2-9(3-5-10)14(16,17)18/h1-7H,(H3,19,20). The number of amidine groups is 1. The van der Waals surface area contributed by atoms with Gasteiger partial charge in [0.2, 0.25) is 0 Å². The van der Waals surface area contributed by atoms with Gasteiger partial charge in [-0.15, -0.1) is 0 Å². The second-order valence-corrected chi connectivity index (χ2v) is 5.04. The van der Waals surface area contributed by atoms with Crippen molar-refractivity contribution in [3.8, 4) is 11.5 Å². The Balaban J connectivity index is 2.20. The fraction of sp³-hybridized carbons (Fsp3) is 0.0714. The molecule has 0 heterocycles. The average molecular weight is 359 g/mol. The van der Waals surface area contributed by atoms with Gasteiger partial charge < -0.3 is 10.5 Å². The first-order valence-electron chi connectivity index (χ1n) is 5.76. The highest BCUT2D eigenvalue weighted by Crippen LogP contribution is 2.33. The lowest BCUT2D eigenvalue weighted by Crippen LogP contribution is -2.10. The Morgan fingerprint density at radius 2 is 1.71 bits per heavy atom. The van der Waals surface area contributed by atoms with Gasteiger partial charge in [0, 0.05) is 5.56 Å². The molecule has 0 unspecified atom stereocenters. The van der Waals surface area contributed by atoms with Crippen LogP contribution in [0.15, 0.2) is 46.9 Å². The Morgan fingerprint density at radius 1 is 1.10 bits per heavy atom. The maximum absolute atomic E-state index is 12.5. The van der Waals surface area contributed by atoms with Crippen LogP contribution in [0.5, 0.6) is 11.5 Å². The molecule has 21 heavy (non-hydrogen) atoms. The van der Waals surface area contributed by atoms with Gasteiger partial charge in [0.1, 0.15) is 17.3 Å². The number of nitrogens with one attached hydrogen (secondary N) is 1. The molecule has 0 aliphatic carbocycles. The Hall–Kier alpha value is -2.02. The number of nitrogens with two attached hydrogens (primary N) is 1. The first-order chi connectivity index (χ1) is 9.77.